The third-order valence-corrected chi connectivity index (χ3v) is 5.52. The van der Waals surface area contributed by atoms with Crippen LogP contribution in [0.3, 0.4) is 0 Å². The van der Waals surface area contributed by atoms with Crippen LogP contribution in [0.15, 0.2) is 30.5 Å². The Labute approximate surface area is 164 Å². The SMILES string of the molecule is CCc1[nH]nc2cc(F)c(C)c(-c3ccn4nc(NC(=O)[C@@H]5C[C@@H]5F)cc4c3)c12. The molecule has 0 spiro atoms. The van der Waals surface area contributed by atoms with Gasteiger partial charge in [0.05, 0.1) is 17.0 Å². The number of carbonyl (C=O) groups excluding carboxylic acids is 1. The van der Waals surface area contributed by atoms with Gasteiger partial charge in [-0.15, -0.1) is 0 Å². The fraction of sp³-hybridized carbons (Fsp3) is 0.286. The number of pyridine rings is 1. The summed E-state index contributed by atoms with van der Waals surface area (Å²) in [5.74, 6) is -0.875. The van der Waals surface area contributed by atoms with Crippen LogP contribution in [0, 0.1) is 18.7 Å². The van der Waals surface area contributed by atoms with E-state index in [4.69, 9.17) is 0 Å². The normalized spacial score (nSPS) is 18.5. The molecule has 0 bridgehead atoms. The number of benzene rings is 1. The van der Waals surface area contributed by atoms with E-state index in [2.05, 4.69) is 20.6 Å². The number of aromatic nitrogens is 4. The zero-order valence-corrected chi connectivity index (χ0v) is 16.0. The predicted molar refractivity (Wildman–Crippen MR) is 106 cm³/mol. The molecule has 8 heteroatoms. The molecule has 0 radical (unpaired) electrons. The number of halogens is 2. The zero-order valence-electron chi connectivity index (χ0n) is 16.0. The zero-order chi connectivity index (χ0) is 20.3. The van der Waals surface area contributed by atoms with Gasteiger partial charge in [0.2, 0.25) is 5.91 Å². The molecule has 148 valence electrons. The third kappa shape index (κ3) is 2.86. The Morgan fingerprint density at radius 3 is 2.90 bits per heavy atom. The van der Waals surface area contributed by atoms with Crippen molar-refractivity contribution in [3.8, 4) is 11.1 Å². The van der Waals surface area contributed by atoms with Crippen molar-refractivity contribution < 1.29 is 13.6 Å². The van der Waals surface area contributed by atoms with Crippen LogP contribution in [0.4, 0.5) is 14.6 Å². The van der Waals surface area contributed by atoms with Crippen molar-refractivity contribution in [1.29, 1.82) is 0 Å². The van der Waals surface area contributed by atoms with Crippen LogP contribution >= 0.6 is 0 Å². The topological polar surface area (TPSA) is 75.1 Å². The molecule has 1 amide bonds. The lowest BCUT2D eigenvalue weighted by Gasteiger charge is -2.10. The van der Waals surface area contributed by atoms with Crippen molar-refractivity contribution in [2.75, 3.05) is 5.32 Å². The van der Waals surface area contributed by atoms with E-state index >= 15 is 0 Å². The Kier molecular flexibility index (Phi) is 3.90. The molecular weight excluding hydrogens is 376 g/mol. The molecule has 1 aliphatic rings. The number of H-pyrrole nitrogens is 1. The molecule has 1 aliphatic carbocycles. The predicted octanol–water partition coefficient (Wildman–Crippen LogP) is 4.18. The number of carbonyl (C=O) groups is 1. The fourth-order valence-electron chi connectivity index (χ4n) is 3.79. The highest BCUT2D eigenvalue weighted by Crippen LogP contribution is 2.36. The number of hydrogen-bond acceptors (Lipinski definition) is 3. The summed E-state index contributed by atoms with van der Waals surface area (Å²) in [7, 11) is 0. The van der Waals surface area contributed by atoms with Gasteiger partial charge in [0.15, 0.2) is 5.82 Å². The van der Waals surface area contributed by atoms with Crippen LogP contribution < -0.4 is 5.32 Å². The molecule has 5 rings (SSSR count). The van der Waals surface area contributed by atoms with Crippen LogP contribution in [0.2, 0.25) is 0 Å². The van der Waals surface area contributed by atoms with Crippen molar-refractivity contribution >= 4 is 28.1 Å². The average molecular weight is 395 g/mol. The lowest BCUT2D eigenvalue weighted by atomic mass is 9.95. The van der Waals surface area contributed by atoms with Gasteiger partial charge in [-0.25, -0.2) is 13.3 Å². The largest absolute Gasteiger partial charge is 0.309 e. The second kappa shape index (κ2) is 6.37. The average Bonchev–Trinajstić information content (AvgIpc) is 3.10. The standard InChI is InChI=1S/C21H19F2N5O/c1-3-16-20-17(26-25-16)9-14(22)10(2)19(20)11-4-5-28-12(6-11)7-18(27-28)24-21(29)13-8-15(13)23/h4-7,9,13,15H,3,8H2,1-2H3,(H,25,26)(H,24,27,29)/t13-,15+/m1/s1. The number of fused-ring (bicyclic) bond motifs is 2. The minimum Gasteiger partial charge on any atom is -0.309 e. The minimum absolute atomic E-state index is 0.267. The number of nitrogens with one attached hydrogen (secondary N) is 2. The second-order valence-electron chi connectivity index (χ2n) is 7.47. The Bertz CT molecular complexity index is 1280. The minimum atomic E-state index is -1.06. The molecule has 0 saturated heterocycles. The van der Waals surface area contributed by atoms with Crippen LogP contribution in [0.5, 0.6) is 0 Å². The molecule has 2 atom stereocenters. The summed E-state index contributed by atoms with van der Waals surface area (Å²) in [5, 5.41) is 15.1. The van der Waals surface area contributed by atoms with Gasteiger partial charge in [-0.3, -0.25) is 9.89 Å². The van der Waals surface area contributed by atoms with Gasteiger partial charge < -0.3 is 5.32 Å². The summed E-state index contributed by atoms with van der Waals surface area (Å²) < 4.78 is 29.2. The lowest BCUT2D eigenvalue weighted by molar-refractivity contribution is -0.117. The van der Waals surface area contributed by atoms with E-state index in [9.17, 15) is 13.6 Å². The number of aromatic amines is 1. The van der Waals surface area contributed by atoms with Crippen molar-refractivity contribution in [3.63, 3.8) is 0 Å². The Morgan fingerprint density at radius 1 is 1.38 bits per heavy atom. The summed E-state index contributed by atoms with van der Waals surface area (Å²) in [5.41, 5.74) is 4.45. The molecule has 3 heterocycles. The van der Waals surface area contributed by atoms with E-state index in [1.165, 1.54) is 6.07 Å². The van der Waals surface area contributed by atoms with Crippen LogP contribution in [-0.4, -0.2) is 31.9 Å². The van der Waals surface area contributed by atoms with Gasteiger partial charge in [-0.1, -0.05) is 6.92 Å². The lowest BCUT2D eigenvalue weighted by Crippen LogP contribution is -2.15. The number of nitrogens with zero attached hydrogens (tertiary/aromatic N) is 3. The number of amides is 1. The summed E-state index contributed by atoms with van der Waals surface area (Å²) in [6.07, 6.45) is 1.72. The van der Waals surface area contributed by atoms with Crippen molar-refractivity contribution in [1.82, 2.24) is 19.8 Å². The van der Waals surface area contributed by atoms with E-state index < -0.39 is 12.1 Å². The quantitative estimate of drug-likeness (QED) is 0.544. The number of hydrogen-bond donors (Lipinski definition) is 2. The third-order valence-electron chi connectivity index (χ3n) is 5.52. The van der Waals surface area contributed by atoms with Crippen LogP contribution in [0.1, 0.15) is 24.6 Å². The van der Waals surface area contributed by atoms with Gasteiger partial charge in [0.25, 0.3) is 0 Å². The molecule has 1 fully saturated rings. The Hall–Kier alpha value is -3.29. The summed E-state index contributed by atoms with van der Waals surface area (Å²) in [4.78, 5) is 12.0. The highest BCUT2D eigenvalue weighted by molar-refractivity contribution is 5.99. The van der Waals surface area contributed by atoms with E-state index in [1.54, 1.807) is 23.7 Å². The highest BCUT2D eigenvalue weighted by atomic mass is 19.1. The van der Waals surface area contributed by atoms with Crippen LogP contribution in [-0.2, 0) is 11.2 Å². The molecule has 0 unspecified atom stereocenters. The molecule has 6 nitrogen and oxygen atoms in total. The first kappa shape index (κ1) is 17.8. The van der Waals surface area contributed by atoms with Crippen molar-refractivity contribution in [2.24, 2.45) is 5.92 Å². The summed E-state index contributed by atoms with van der Waals surface area (Å²) in [6, 6.07) is 6.92. The number of alkyl halides is 1. The molecule has 4 aromatic rings. The summed E-state index contributed by atoms with van der Waals surface area (Å²) >= 11 is 0. The second-order valence-corrected chi connectivity index (χ2v) is 7.47. The molecule has 1 aromatic carbocycles. The van der Waals surface area contributed by atoms with Gasteiger partial charge in [0.1, 0.15) is 12.0 Å². The van der Waals surface area contributed by atoms with Crippen molar-refractivity contribution in [2.45, 2.75) is 32.9 Å². The fourth-order valence-corrected chi connectivity index (χ4v) is 3.79. The molecule has 29 heavy (non-hydrogen) atoms. The summed E-state index contributed by atoms with van der Waals surface area (Å²) in [6.45, 7) is 3.78. The van der Waals surface area contributed by atoms with E-state index in [0.29, 0.717) is 16.9 Å². The Balaban J connectivity index is 1.60. The molecule has 1 saturated carbocycles. The maximum Gasteiger partial charge on any atom is 0.231 e. The van der Waals surface area contributed by atoms with Crippen LogP contribution in [0.25, 0.3) is 27.5 Å². The van der Waals surface area contributed by atoms with Gasteiger partial charge in [0, 0.05) is 29.4 Å². The van der Waals surface area contributed by atoms with Crippen molar-refractivity contribution in [3.05, 3.63) is 47.5 Å². The smallest absolute Gasteiger partial charge is 0.231 e. The molecule has 3 aromatic heterocycles. The first-order valence-electron chi connectivity index (χ1n) is 9.57. The maximum atomic E-state index is 14.5. The number of aryl methyl sites for hydroxylation is 1. The van der Waals surface area contributed by atoms with Gasteiger partial charge in [-0.2, -0.15) is 10.2 Å². The highest BCUT2D eigenvalue weighted by Gasteiger charge is 2.43. The number of rotatable bonds is 4. The van der Waals surface area contributed by atoms with E-state index in [0.717, 1.165) is 34.1 Å². The number of anilines is 1. The maximum absolute atomic E-state index is 14.5. The van der Waals surface area contributed by atoms with E-state index in [1.807, 2.05) is 19.1 Å². The first-order valence-corrected chi connectivity index (χ1v) is 9.57. The first-order chi connectivity index (χ1) is 14.0. The monoisotopic (exact) mass is 395 g/mol. The van der Waals surface area contributed by atoms with Gasteiger partial charge in [-0.05, 0) is 48.6 Å². The molecule has 0 aliphatic heterocycles. The van der Waals surface area contributed by atoms with Gasteiger partial charge >= 0.3 is 0 Å². The molecule has 2 N–H and O–H groups in total. The van der Waals surface area contributed by atoms with E-state index in [-0.39, 0.29) is 18.1 Å². The Morgan fingerprint density at radius 2 is 2.17 bits per heavy atom. The molecular formula is C21H19F2N5O.